The van der Waals surface area contributed by atoms with Crippen LogP contribution in [0.5, 0.6) is 5.75 Å². The van der Waals surface area contributed by atoms with Crippen molar-refractivity contribution in [2.45, 2.75) is 44.5 Å². The number of thioether (sulfide) groups is 1. The van der Waals surface area contributed by atoms with Gasteiger partial charge in [-0.25, -0.2) is 0 Å². The zero-order valence-corrected chi connectivity index (χ0v) is 16.4. The van der Waals surface area contributed by atoms with Gasteiger partial charge in [-0.3, -0.25) is 4.79 Å². The molecule has 1 heterocycles. The lowest BCUT2D eigenvalue weighted by Gasteiger charge is -2.24. The molecule has 2 aromatic rings. The van der Waals surface area contributed by atoms with Crippen LogP contribution in [0.2, 0.25) is 5.02 Å². The largest absolute Gasteiger partial charge is 0.486 e. The summed E-state index contributed by atoms with van der Waals surface area (Å²) in [6, 6.07) is 7.14. The highest BCUT2D eigenvalue weighted by atomic mass is 35.5. The number of carbonyl (C=O) groups excluding carboxylic acids is 1. The average Bonchev–Trinajstić information content (AvgIpc) is 2.92. The van der Waals surface area contributed by atoms with Crippen LogP contribution in [-0.2, 0) is 18.4 Å². The number of aromatic nitrogens is 3. The van der Waals surface area contributed by atoms with E-state index in [4.69, 9.17) is 16.3 Å². The van der Waals surface area contributed by atoms with Gasteiger partial charge in [0.15, 0.2) is 11.0 Å². The van der Waals surface area contributed by atoms with Crippen molar-refractivity contribution in [3.63, 3.8) is 0 Å². The zero-order valence-electron chi connectivity index (χ0n) is 14.9. The molecule has 25 heavy (non-hydrogen) atoms. The van der Waals surface area contributed by atoms with Crippen molar-refractivity contribution in [3.05, 3.63) is 35.1 Å². The minimum atomic E-state index is -0.199. The zero-order chi connectivity index (χ0) is 18.4. The van der Waals surface area contributed by atoms with E-state index in [9.17, 15) is 4.79 Å². The molecule has 136 valence electrons. The summed E-state index contributed by atoms with van der Waals surface area (Å²) >= 11 is 7.20. The normalized spacial score (nSPS) is 11.4. The van der Waals surface area contributed by atoms with Crippen molar-refractivity contribution in [1.82, 2.24) is 20.1 Å². The van der Waals surface area contributed by atoms with Gasteiger partial charge >= 0.3 is 0 Å². The molecule has 0 aliphatic carbocycles. The van der Waals surface area contributed by atoms with Crippen molar-refractivity contribution < 1.29 is 9.53 Å². The Balaban J connectivity index is 1.87. The van der Waals surface area contributed by atoms with Crippen molar-refractivity contribution in [2.24, 2.45) is 7.05 Å². The van der Waals surface area contributed by atoms with E-state index >= 15 is 0 Å². The Morgan fingerprint density at radius 2 is 2.00 bits per heavy atom. The minimum absolute atomic E-state index is 0.0150. The van der Waals surface area contributed by atoms with Crippen LogP contribution in [0.4, 0.5) is 0 Å². The molecular formula is C17H23ClN4O2S. The molecule has 0 spiro atoms. The van der Waals surface area contributed by atoms with Gasteiger partial charge in [-0.05, 0) is 44.5 Å². The molecule has 0 aliphatic rings. The summed E-state index contributed by atoms with van der Waals surface area (Å²) < 4.78 is 7.51. The highest BCUT2D eigenvalue weighted by Gasteiger charge is 2.19. The van der Waals surface area contributed by atoms with Crippen LogP contribution in [0.1, 0.15) is 33.0 Å². The summed E-state index contributed by atoms with van der Waals surface area (Å²) in [7, 11) is 1.86. The van der Waals surface area contributed by atoms with E-state index in [1.54, 1.807) is 24.3 Å². The van der Waals surface area contributed by atoms with E-state index < -0.39 is 0 Å². The maximum absolute atomic E-state index is 12.0. The monoisotopic (exact) mass is 382 g/mol. The van der Waals surface area contributed by atoms with Crippen LogP contribution in [0.3, 0.4) is 0 Å². The quantitative estimate of drug-likeness (QED) is 0.708. The fourth-order valence-electron chi connectivity index (χ4n) is 1.91. The number of rotatable bonds is 8. The van der Waals surface area contributed by atoms with Crippen molar-refractivity contribution >= 4 is 29.3 Å². The van der Waals surface area contributed by atoms with Gasteiger partial charge in [-0.2, -0.15) is 0 Å². The lowest BCUT2D eigenvalue weighted by Crippen LogP contribution is -2.43. The molecule has 6 nitrogen and oxygen atoms in total. The number of benzene rings is 1. The van der Waals surface area contributed by atoms with Gasteiger partial charge in [0.1, 0.15) is 12.4 Å². The highest BCUT2D eigenvalue weighted by molar-refractivity contribution is 7.99. The molecule has 0 aliphatic heterocycles. The number of amides is 1. The molecule has 2 rings (SSSR count). The SMILES string of the molecule is CCC(C)(C)NC(=O)CSc1nnc(COc2ccc(Cl)cc2)n1C. The first kappa shape index (κ1) is 19.6. The molecule has 0 saturated heterocycles. The Morgan fingerprint density at radius 3 is 2.64 bits per heavy atom. The molecule has 8 heteroatoms. The van der Waals surface area contributed by atoms with E-state index in [1.165, 1.54) is 11.8 Å². The second-order valence-electron chi connectivity index (χ2n) is 6.27. The lowest BCUT2D eigenvalue weighted by molar-refractivity contribution is -0.120. The number of ether oxygens (including phenoxy) is 1. The molecule has 0 fully saturated rings. The van der Waals surface area contributed by atoms with E-state index in [-0.39, 0.29) is 11.4 Å². The van der Waals surface area contributed by atoms with E-state index in [0.717, 1.165) is 6.42 Å². The van der Waals surface area contributed by atoms with Gasteiger partial charge in [-0.1, -0.05) is 30.3 Å². The summed E-state index contributed by atoms with van der Waals surface area (Å²) in [6.07, 6.45) is 0.875. The third kappa shape index (κ3) is 5.93. The standard InChI is InChI=1S/C17H23ClN4O2S/c1-5-17(2,3)19-15(23)11-25-16-21-20-14(22(16)4)10-24-13-8-6-12(18)7-9-13/h6-9H,5,10-11H2,1-4H3,(H,19,23). The molecule has 1 N–H and O–H groups in total. The van der Waals surface area contributed by atoms with Gasteiger partial charge in [0.2, 0.25) is 5.91 Å². The Morgan fingerprint density at radius 1 is 1.32 bits per heavy atom. The molecule has 0 atom stereocenters. The van der Waals surface area contributed by atoms with Crippen LogP contribution < -0.4 is 10.1 Å². The summed E-state index contributed by atoms with van der Waals surface area (Å²) in [6.45, 7) is 6.35. The van der Waals surface area contributed by atoms with Gasteiger partial charge in [0.05, 0.1) is 5.75 Å². The van der Waals surface area contributed by atoms with E-state index in [1.807, 2.05) is 32.4 Å². The summed E-state index contributed by atoms with van der Waals surface area (Å²) in [4.78, 5) is 12.0. The van der Waals surface area contributed by atoms with Crippen LogP contribution >= 0.6 is 23.4 Å². The first-order valence-corrected chi connectivity index (χ1v) is 9.37. The average molecular weight is 383 g/mol. The third-order valence-corrected chi connectivity index (χ3v) is 5.07. The second-order valence-corrected chi connectivity index (χ2v) is 7.65. The first-order chi connectivity index (χ1) is 11.8. The van der Waals surface area contributed by atoms with Gasteiger partial charge in [0.25, 0.3) is 0 Å². The predicted octanol–water partition coefficient (Wildman–Crippen LogP) is 3.44. The van der Waals surface area contributed by atoms with Crippen molar-refractivity contribution in [1.29, 1.82) is 0 Å². The second kappa shape index (κ2) is 8.58. The maximum atomic E-state index is 12.0. The number of halogens is 1. The molecule has 0 radical (unpaired) electrons. The number of nitrogens with one attached hydrogen (secondary N) is 1. The topological polar surface area (TPSA) is 69.0 Å². The number of hydrogen-bond donors (Lipinski definition) is 1. The van der Waals surface area contributed by atoms with Crippen LogP contribution in [0.15, 0.2) is 29.4 Å². The summed E-state index contributed by atoms with van der Waals surface area (Å²) in [5.41, 5.74) is -0.199. The number of carbonyl (C=O) groups is 1. The molecule has 1 amide bonds. The fraction of sp³-hybridized carbons (Fsp3) is 0.471. The van der Waals surface area contributed by atoms with Crippen LogP contribution in [-0.4, -0.2) is 32.0 Å². The Hall–Kier alpha value is -1.73. The molecule has 0 bridgehead atoms. The lowest BCUT2D eigenvalue weighted by atomic mass is 10.0. The number of hydrogen-bond acceptors (Lipinski definition) is 5. The first-order valence-electron chi connectivity index (χ1n) is 8.01. The predicted molar refractivity (Wildman–Crippen MR) is 100 cm³/mol. The Labute approximate surface area is 157 Å². The minimum Gasteiger partial charge on any atom is -0.486 e. The van der Waals surface area contributed by atoms with Gasteiger partial charge in [-0.15, -0.1) is 10.2 Å². The smallest absolute Gasteiger partial charge is 0.230 e. The maximum Gasteiger partial charge on any atom is 0.230 e. The van der Waals surface area contributed by atoms with E-state index in [2.05, 4.69) is 15.5 Å². The molecule has 1 aromatic heterocycles. The van der Waals surface area contributed by atoms with Crippen molar-refractivity contribution in [3.8, 4) is 5.75 Å². The van der Waals surface area contributed by atoms with Crippen LogP contribution in [0, 0.1) is 0 Å². The Bertz CT molecular complexity index is 716. The Kier molecular flexibility index (Phi) is 6.72. The third-order valence-electron chi connectivity index (χ3n) is 3.80. The highest BCUT2D eigenvalue weighted by Crippen LogP contribution is 2.19. The van der Waals surface area contributed by atoms with Crippen molar-refractivity contribution in [2.75, 3.05) is 5.75 Å². The van der Waals surface area contributed by atoms with Gasteiger partial charge < -0.3 is 14.6 Å². The van der Waals surface area contributed by atoms with Gasteiger partial charge in [0, 0.05) is 17.6 Å². The molecular weight excluding hydrogens is 360 g/mol. The molecule has 0 unspecified atom stereocenters. The molecule has 0 saturated carbocycles. The van der Waals surface area contributed by atoms with Crippen LogP contribution in [0.25, 0.3) is 0 Å². The fourth-order valence-corrected chi connectivity index (χ4v) is 2.76. The van der Waals surface area contributed by atoms with E-state index in [0.29, 0.717) is 34.1 Å². The summed E-state index contributed by atoms with van der Waals surface area (Å²) in [5, 5.41) is 12.6. The summed E-state index contributed by atoms with van der Waals surface area (Å²) in [5.74, 6) is 1.68. The molecule has 1 aromatic carbocycles. The number of nitrogens with zero attached hydrogens (tertiary/aromatic N) is 3.